The Hall–Kier alpha value is -4.14. The molecule has 0 aliphatic carbocycles. The van der Waals surface area contributed by atoms with Crippen LogP contribution in [-0.2, 0) is 4.74 Å². The fourth-order valence-corrected chi connectivity index (χ4v) is 2.71. The molecule has 0 aliphatic rings. The maximum absolute atomic E-state index is 13.2. The SMILES string of the molecule is CCOC(=O)c1ccc(Nc2nc(Nc3ccc(F)cc3)c3nccnc3n2)cc1. The number of nitrogens with one attached hydrogen (secondary N) is 2. The van der Waals surface area contributed by atoms with Crippen molar-refractivity contribution in [2.24, 2.45) is 0 Å². The molecule has 0 radical (unpaired) electrons. The Bertz CT molecular complexity index is 1180. The normalized spacial score (nSPS) is 10.6. The largest absolute Gasteiger partial charge is 0.462 e. The maximum atomic E-state index is 13.2. The lowest BCUT2D eigenvalue weighted by Gasteiger charge is -2.11. The van der Waals surface area contributed by atoms with E-state index in [1.165, 1.54) is 18.3 Å². The molecule has 2 heterocycles. The number of halogens is 1. The molecule has 0 amide bonds. The second-order valence-corrected chi connectivity index (χ2v) is 6.18. The molecule has 2 N–H and O–H groups in total. The van der Waals surface area contributed by atoms with Crippen LogP contribution in [0.1, 0.15) is 17.3 Å². The molecule has 0 spiro atoms. The lowest BCUT2D eigenvalue weighted by atomic mass is 10.2. The molecule has 0 fully saturated rings. The highest BCUT2D eigenvalue weighted by Gasteiger charge is 2.11. The molecule has 0 aliphatic heterocycles. The number of carbonyl (C=O) groups excluding carboxylic acids is 1. The second-order valence-electron chi connectivity index (χ2n) is 6.18. The van der Waals surface area contributed by atoms with Gasteiger partial charge in [-0.2, -0.15) is 9.97 Å². The quantitative estimate of drug-likeness (QED) is 0.461. The lowest BCUT2D eigenvalue weighted by molar-refractivity contribution is 0.0526. The topological polar surface area (TPSA) is 102 Å². The number of benzene rings is 2. The highest BCUT2D eigenvalue weighted by Crippen LogP contribution is 2.24. The highest BCUT2D eigenvalue weighted by atomic mass is 19.1. The summed E-state index contributed by atoms with van der Waals surface area (Å²) in [6.45, 7) is 2.07. The summed E-state index contributed by atoms with van der Waals surface area (Å²) in [6, 6.07) is 12.6. The van der Waals surface area contributed by atoms with Gasteiger partial charge in [0, 0.05) is 23.8 Å². The van der Waals surface area contributed by atoms with Gasteiger partial charge in [0.05, 0.1) is 12.2 Å². The number of aromatic nitrogens is 4. The Labute approximate surface area is 171 Å². The first-order chi connectivity index (χ1) is 14.6. The highest BCUT2D eigenvalue weighted by molar-refractivity contribution is 5.90. The molecule has 30 heavy (non-hydrogen) atoms. The van der Waals surface area contributed by atoms with E-state index >= 15 is 0 Å². The third-order valence-electron chi connectivity index (χ3n) is 4.09. The monoisotopic (exact) mass is 404 g/mol. The molecule has 0 bridgehead atoms. The van der Waals surface area contributed by atoms with Crippen molar-refractivity contribution in [3.63, 3.8) is 0 Å². The standard InChI is InChI=1S/C21H17FN6O2/c1-2-30-20(29)13-3-7-16(8-4-13)26-21-27-18-17(23-11-12-24-18)19(28-21)25-15-9-5-14(22)6-10-15/h3-12H,2H2,1H3,(H2,24,25,26,27,28). The molecule has 4 rings (SSSR count). The Balaban J connectivity index is 1.63. The van der Waals surface area contributed by atoms with Crippen LogP contribution in [0.5, 0.6) is 0 Å². The van der Waals surface area contributed by atoms with E-state index in [-0.39, 0.29) is 17.7 Å². The summed E-state index contributed by atoms with van der Waals surface area (Å²) in [5.41, 5.74) is 2.64. The minimum atomic E-state index is -0.382. The van der Waals surface area contributed by atoms with Crippen LogP contribution < -0.4 is 10.6 Å². The first-order valence-electron chi connectivity index (χ1n) is 9.18. The average molecular weight is 404 g/mol. The van der Waals surface area contributed by atoms with Gasteiger partial charge in [0.15, 0.2) is 17.0 Å². The van der Waals surface area contributed by atoms with Gasteiger partial charge in [-0.05, 0) is 55.5 Å². The van der Waals surface area contributed by atoms with Crippen molar-refractivity contribution in [2.75, 3.05) is 17.2 Å². The summed E-state index contributed by atoms with van der Waals surface area (Å²) in [6.07, 6.45) is 3.08. The van der Waals surface area contributed by atoms with Crippen LogP contribution in [0.25, 0.3) is 11.2 Å². The number of hydrogen-bond donors (Lipinski definition) is 2. The third-order valence-corrected chi connectivity index (χ3v) is 4.09. The van der Waals surface area contributed by atoms with Crippen molar-refractivity contribution in [1.82, 2.24) is 19.9 Å². The maximum Gasteiger partial charge on any atom is 0.338 e. The Morgan fingerprint density at radius 1 is 0.933 bits per heavy atom. The van der Waals surface area contributed by atoms with E-state index in [2.05, 4.69) is 30.6 Å². The van der Waals surface area contributed by atoms with E-state index in [0.29, 0.717) is 40.5 Å². The van der Waals surface area contributed by atoms with Gasteiger partial charge in [0.25, 0.3) is 0 Å². The van der Waals surface area contributed by atoms with Gasteiger partial charge < -0.3 is 15.4 Å². The number of fused-ring (bicyclic) bond motifs is 1. The number of anilines is 4. The Kier molecular flexibility index (Phi) is 5.42. The summed E-state index contributed by atoms with van der Waals surface area (Å²) in [7, 11) is 0. The van der Waals surface area contributed by atoms with Crippen LogP contribution in [0, 0.1) is 5.82 Å². The number of rotatable bonds is 6. The van der Waals surface area contributed by atoms with Crippen molar-refractivity contribution in [1.29, 1.82) is 0 Å². The van der Waals surface area contributed by atoms with Crippen molar-refractivity contribution in [2.45, 2.75) is 6.92 Å². The van der Waals surface area contributed by atoms with Crippen molar-refractivity contribution in [3.05, 3.63) is 72.3 Å². The summed E-state index contributed by atoms with van der Waals surface area (Å²) in [4.78, 5) is 29.2. The first kappa shape index (κ1) is 19.2. The van der Waals surface area contributed by atoms with Gasteiger partial charge in [-0.1, -0.05) is 0 Å². The zero-order chi connectivity index (χ0) is 20.9. The van der Waals surface area contributed by atoms with Gasteiger partial charge >= 0.3 is 5.97 Å². The van der Waals surface area contributed by atoms with E-state index in [9.17, 15) is 9.18 Å². The zero-order valence-electron chi connectivity index (χ0n) is 16.0. The van der Waals surface area contributed by atoms with Gasteiger partial charge in [0.1, 0.15) is 5.82 Å². The van der Waals surface area contributed by atoms with Gasteiger partial charge in [0.2, 0.25) is 5.95 Å². The van der Waals surface area contributed by atoms with Crippen molar-refractivity contribution in [3.8, 4) is 0 Å². The van der Waals surface area contributed by atoms with Crippen molar-refractivity contribution >= 4 is 40.3 Å². The lowest BCUT2D eigenvalue weighted by Crippen LogP contribution is -2.06. The number of ether oxygens (including phenoxy) is 1. The number of carbonyl (C=O) groups is 1. The molecule has 0 saturated heterocycles. The molecule has 0 unspecified atom stereocenters. The van der Waals surface area contributed by atoms with Crippen LogP contribution in [0.15, 0.2) is 60.9 Å². The Morgan fingerprint density at radius 2 is 1.60 bits per heavy atom. The minimum Gasteiger partial charge on any atom is -0.462 e. The van der Waals surface area contributed by atoms with Gasteiger partial charge in [-0.15, -0.1) is 0 Å². The molecule has 2 aromatic heterocycles. The number of esters is 1. The summed E-state index contributed by atoms with van der Waals surface area (Å²) in [5.74, 6) is -0.00424. The smallest absolute Gasteiger partial charge is 0.338 e. The van der Waals surface area contributed by atoms with E-state index < -0.39 is 0 Å². The van der Waals surface area contributed by atoms with Crippen LogP contribution in [-0.4, -0.2) is 32.5 Å². The van der Waals surface area contributed by atoms with E-state index in [4.69, 9.17) is 4.74 Å². The summed E-state index contributed by atoms with van der Waals surface area (Å²) in [5, 5.41) is 6.20. The molecule has 0 saturated carbocycles. The average Bonchev–Trinajstić information content (AvgIpc) is 2.76. The number of nitrogens with zero attached hydrogens (tertiary/aromatic N) is 4. The first-order valence-corrected chi connectivity index (χ1v) is 9.18. The van der Waals surface area contributed by atoms with Crippen LogP contribution in [0.2, 0.25) is 0 Å². The molecule has 4 aromatic rings. The van der Waals surface area contributed by atoms with Crippen LogP contribution >= 0.6 is 0 Å². The molecular formula is C21H17FN6O2. The van der Waals surface area contributed by atoms with Crippen LogP contribution in [0.3, 0.4) is 0 Å². The molecule has 9 heteroatoms. The predicted molar refractivity (Wildman–Crippen MR) is 110 cm³/mol. The van der Waals surface area contributed by atoms with E-state index in [1.807, 2.05) is 0 Å². The number of hydrogen-bond acceptors (Lipinski definition) is 8. The summed E-state index contributed by atoms with van der Waals surface area (Å²) >= 11 is 0. The predicted octanol–water partition coefficient (Wildman–Crippen LogP) is 4.22. The van der Waals surface area contributed by atoms with E-state index in [1.54, 1.807) is 49.5 Å². The fraction of sp³-hybridized carbons (Fsp3) is 0.0952. The van der Waals surface area contributed by atoms with Gasteiger partial charge in [-0.3, -0.25) is 0 Å². The van der Waals surface area contributed by atoms with Gasteiger partial charge in [-0.25, -0.2) is 19.2 Å². The zero-order valence-corrected chi connectivity index (χ0v) is 16.0. The molecule has 2 aromatic carbocycles. The third kappa shape index (κ3) is 4.30. The minimum absolute atomic E-state index is 0.288. The van der Waals surface area contributed by atoms with Crippen molar-refractivity contribution < 1.29 is 13.9 Å². The molecule has 8 nitrogen and oxygen atoms in total. The summed E-state index contributed by atoms with van der Waals surface area (Å²) < 4.78 is 18.2. The molecular weight excluding hydrogens is 387 g/mol. The molecule has 150 valence electrons. The van der Waals surface area contributed by atoms with E-state index in [0.717, 1.165) is 0 Å². The fourth-order valence-electron chi connectivity index (χ4n) is 2.71. The second kappa shape index (κ2) is 8.48. The Morgan fingerprint density at radius 3 is 2.33 bits per heavy atom. The van der Waals surface area contributed by atoms with Crippen LogP contribution in [0.4, 0.5) is 27.5 Å². The molecule has 0 atom stereocenters.